The molecule has 3 aromatic carbocycles. The second kappa shape index (κ2) is 9.46. The highest BCUT2D eigenvalue weighted by Crippen LogP contribution is 2.63. The van der Waals surface area contributed by atoms with Crippen molar-refractivity contribution in [3.05, 3.63) is 88.4 Å². The van der Waals surface area contributed by atoms with E-state index >= 15 is 0 Å². The molecule has 0 spiro atoms. The van der Waals surface area contributed by atoms with Crippen LogP contribution in [0.4, 0.5) is 0 Å². The number of aryl methyl sites for hydroxylation is 1. The molecule has 0 saturated heterocycles. The van der Waals surface area contributed by atoms with Crippen LogP contribution in [0.3, 0.4) is 0 Å². The molecule has 1 aromatic heterocycles. The zero-order valence-corrected chi connectivity index (χ0v) is 22.9. The first-order valence-electron chi connectivity index (χ1n) is 13.6. The predicted octanol–water partition coefficient (Wildman–Crippen LogP) is 8.72. The Morgan fingerprint density at radius 1 is 1.05 bits per heavy atom. The minimum Gasteiger partial charge on any atom is -0.431 e. The van der Waals surface area contributed by atoms with Gasteiger partial charge in [0.2, 0.25) is 0 Å². The minimum absolute atomic E-state index is 0.285. The number of carbonyl (C=O) groups excluding carboxylic acids is 1. The molecule has 0 unspecified atom stereocenters. The lowest BCUT2D eigenvalue weighted by Crippen LogP contribution is -2.43. The number of aromatic nitrogens is 1. The monoisotopic (exact) mass is 543 g/mol. The number of fused-ring (bicyclic) bond motifs is 6. The van der Waals surface area contributed by atoms with Gasteiger partial charge in [-0.05, 0) is 109 Å². The zero-order valence-electron chi connectivity index (χ0n) is 21.4. The van der Waals surface area contributed by atoms with Crippen molar-refractivity contribution in [2.45, 2.75) is 61.8 Å². The van der Waals surface area contributed by atoms with Gasteiger partial charge in [-0.15, -0.1) is 0 Å². The number of hydrogen-bond acceptors (Lipinski definition) is 5. The molecular weight excluding hydrogens is 514 g/mol. The highest BCUT2D eigenvalue weighted by atomic mass is 35.5. The van der Waals surface area contributed by atoms with Gasteiger partial charge in [-0.25, -0.2) is 9.78 Å². The summed E-state index contributed by atoms with van der Waals surface area (Å²) in [7, 11) is 0. The number of benzene rings is 3. The van der Waals surface area contributed by atoms with Crippen molar-refractivity contribution >= 4 is 40.4 Å². The summed E-state index contributed by atoms with van der Waals surface area (Å²) in [6.45, 7) is 2.51. The average molecular weight is 544 g/mol. The number of ether oxygens (including phenoxy) is 1. The fourth-order valence-electron chi connectivity index (χ4n) is 7.56. The first-order chi connectivity index (χ1) is 18.5. The van der Waals surface area contributed by atoms with E-state index in [1.165, 1.54) is 43.2 Å². The van der Waals surface area contributed by atoms with Crippen molar-refractivity contribution in [2.24, 2.45) is 17.3 Å². The first kappa shape index (κ1) is 24.3. The van der Waals surface area contributed by atoms with Crippen LogP contribution >= 0.6 is 23.4 Å². The van der Waals surface area contributed by atoms with Crippen LogP contribution in [-0.2, 0) is 6.42 Å². The molecule has 38 heavy (non-hydrogen) atoms. The van der Waals surface area contributed by atoms with Crippen LogP contribution in [-0.4, -0.2) is 16.2 Å². The molecular formula is C32H30ClNO3S. The van der Waals surface area contributed by atoms with Gasteiger partial charge in [0.1, 0.15) is 11.3 Å². The number of thioether (sulfide) groups is 1. The molecule has 3 aliphatic carbocycles. The molecule has 3 aliphatic rings. The molecule has 0 aliphatic heterocycles. The molecule has 7 rings (SSSR count). The van der Waals surface area contributed by atoms with Gasteiger partial charge < -0.3 is 9.15 Å². The molecule has 2 fully saturated rings. The molecule has 6 heteroatoms. The standard InChI is InChI=1S/C32H30ClNO3S/c1-32-16-15-24-23-11-9-22(36-30(35)19-5-3-2-4-6-19)17-20(23)7-10-25(24)26(32)12-14-29(32)38-31-34-27-13-8-21(33)18-28(27)37-31/h2-6,8-9,11,13,17-18,24-26,29H,7,10,12,14-16H2,1H3/t24-,25-,26+,29+,32+/m1/s1. The summed E-state index contributed by atoms with van der Waals surface area (Å²) in [4.78, 5) is 17.3. The highest BCUT2D eigenvalue weighted by Gasteiger charge is 2.55. The third-order valence-electron chi connectivity index (χ3n) is 9.41. The van der Waals surface area contributed by atoms with Crippen molar-refractivity contribution in [2.75, 3.05) is 0 Å². The molecule has 4 aromatic rings. The second-order valence-electron chi connectivity index (χ2n) is 11.4. The summed E-state index contributed by atoms with van der Waals surface area (Å²) >= 11 is 7.98. The Kier molecular flexibility index (Phi) is 6.05. The Morgan fingerprint density at radius 3 is 2.79 bits per heavy atom. The van der Waals surface area contributed by atoms with E-state index in [-0.39, 0.29) is 11.4 Å². The van der Waals surface area contributed by atoms with Crippen molar-refractivity contribution < 1.29 is 13.9 Å². The summed E-state index contributed by atoms with van der Waals surface area (Å²) in [6.07, 6.45) is 7.14. The highest BCUT2D eigenvalue weighted by molar-refractivity contribution is 7.99. The lowest BCUT2D eigenvalue weighted by atomic mass is 9.56. The molecule has 0 bridgehead atoms. The molecule has 194 valence electrons. The SMILES string of the molecule is C[C@]12CC[C@@H]3c4ccc(OC(=O)c5ccccc5)cc4CC[C@H]3[C@@H]1CC[C@@H]2Sc1nc2ccc(Cl)cc2o1. The van der Waals surface area contributed by atoms with Crippen LogP contribution in [0.5, 0.6) is 5.75 Å². The number of carbonyl (C=O) groups is 1. The van der Waals surface area contributed by atoms with Crippen LogP contribution in [0, 0.1) is 17.3 Å². The Hall–Kier alpha value is -2.76. The van der Waals surface area contributed by atoms with Gasteiger partial charge in [0.25, 0.3) is 5.22 Å². The van der Waals surface area contributed by atoms with Crippen LogP contribution in [0.15, 0.2) is 76.4 Å². The van der Waals surface area contributed by atoms with Gasteiger partial charge in [0, 0.05) is 16.3 Å². The van der Waals surface area contributed by atoms with E-state index in [0.29, 0.717) is 39.3 Å². The lowest BCUT2D eigenvalue weighted by molar-refractivity contribution is 0.0627. The van der Waals surface area contributed by atoms with E-state index in [1.54, 1.807) is 12.1 Å². The summed E-state index contributed by atoms with van der Waals surface area (Å²) in [5.41, 5.74) is 5.32. The Morgan fingerprint density at radius 2 is 1.92 bits per heavy atom. The Balaban J connectivity index is 1.08. The number of nitrogens with zero attached hydrogens (tertiary/aromatic N) is 1. The molecule has 1 heterocycles. The van der Waals surface area contributed by atoms with Crippen molar-refractivity contribution in [1.29, 1.82) is 0 Å². The van der Waals surface area contributed by atoms with E-state index in [0.717, 1.165) is 22.7 Å². The van der Waals surface area contributed by atoms with E-state index < -0.39 is 0 Å². The van der Waals surface area contributed by atoms with Gasteiger partial charge in [0.15, 0.2) is 5.58 Å². The van der Waals surface area contributed by atoms with Gasteiger partial charge in [0.05, 0.1) is 5.56 Å². The minimum atomic E-state index is -0.302. The molecule has 0 radical (unpaired) electrons. The van der Waals surface area contributed by atoms with Crippen molar-refractivity contribution in [3.63, 3.8) is 0 Å². The van der Waals surface area contributed by atoms with Crippen LogP contribution in [0.1, 0.15) is 66.4 Å². The third-order valence-corrected chi connectivity index (χ3v) is 11.1. The Labute approximate surface area is 232 Å². The van der Waals surface area contributed by atoms with E-state index in [9.17, 15) is 4.79 Å². The maximum atomic E-state index is 12.6. The quantitative estimate of drug-likeness (QED) is 0.190. The normalized spacial score (nSPS) is 27.9. The molecule has 0 amide bonds. The summed E-state index contributed by atoms with van der Waals surface area (Å²) < 4.78 is 11.8. The maximum Gasteiger partial charge on any atom is 0.343 e. The number of hydrogen-bond donors (Lipinski definition) is 0. The predicted molar refractivity (Wildman–Crippen MR) is 151 cm³/mol. The summed E-state index contributed by atoms with van der Waals surface area (Å²) in [6, 6.07) is 21.2. The summed E-state index contributed by atoms with van der Waals surface area (Å²) in [5, 5.41) is 1.96. The van der Waals surface area contributed by atoms with Crippen LogP contribution in [0.25, 0.3) is 11.1 Å². The molecule has 2 saturated carbocycles. The van der Waals surface area contributed by atoms with E-state index in [4.69, 9.17) is 25.7 Å². The van der Waals surface area contributed by atoms with Gasteiger partial charge in [-0.1, -0.05) is 54.6 Å². The van der Waals surface area contributed by atoms with Crippen LogP contribution in [0.2, 0.25) is 5.02 Å². The van der Waals surface area contributed by atoms with Gasteiger partial charge in [-0.3, -0.25) is 0 Å². The summed E-state index contributed by atoms with van der Waals surface area (Å²) in [5.74, 6) is 2.34. The number of esters is 1. The second-order valence-corrected chi connectivity index (χ2v) is 12.9. The molecule has 4 nitrogen and oxygen atoms in total. The largest absolute Gasteiger partial charge is 0.431 e. The number of halogens is 1. The van der Waals surface area contributed by atoms with Gasteiger partial charge in [-0.2, -0.15) is 0 Å². The molecule has 5 atom stereocenters. The fraction of sp³-hybridized carbons (Fsp3) is 0.375. The average Bonchev–Trinajstić information content (AvgIpc) is 3.48. The first-order valence-corrected chi connectivity index (χ1v) is 14.9. The van der Waals surface area contributed by atoms with Gasteiger partial charge >= 0.3 is 5.97 Å². The smallest absolute Gasteiger partial charge is 0.343 e. The zero-order chi connectivity index (χ0) is 25.9. The maximum absolute atomic E-state index is 12.6. The lowest BCUT2D eigenvalue weighted by Gasteiger charge is -2.50. The van der Waals surface area contributed by atoms with E-state index in [2.05, 4.69) is 19.1 Å². The fourth-order valence-corrected chi connectivity index (χ4v) is 9.07. The van der Waals surface area contributed by atoms with Crippen LogP contribution < -0.4 is 4.74 Å². The number of oxazole rings is 1. The molecule has 0 N–H and O–H groups in total. The topological polar surface area (TPSA) is 52.3 Å². The van der Waals surface area contributed by atoms with Crippen molar-refractivity contribution in [1.82, 2.24) is 4.98 Å². The third kappa shape index (κ3) is 4.15. The Bertz CT molecular complexity index is 1520. The van der Waals surface area contributed by atoms with E-state index in [1.807, 2.05) is 54.2 Å². The van der Waals surface area contributed by atoms with Crippen molar-refractivity contribution in [3.8, 4) is 5.75 Å². The number of rotatable bonds is 4.